The number of hydrogen-bond donors (Lipinski definition) is 4. The Morgan fingerprint density at radius 2 is 2.00 bits per heavy atom. The number of para-hydroxylation sites is 1. The molecular weight excluding hydrogens is 466 g/mol. The Morgan fingerprint density at radius 3 is 2.73 bits per heavy atom. The second-order valence-electron chi connectivity index (χ2n) is 10.1. The lowest BCUT2D eigenvalue weighted by molar-refractivity contribution is -0.111. The molecular formula is C28H41N7O2. The molecule has 4 N–H and O–H groups in total. The number of anilines is 4. The Labute approximate surface area is 220 Å². The van der Waals surface area contributed by atoms with E-state index in [4.69, 9.17) is 4.74 Å². The van der Waals surface area contributed by atoms with Gasteiger partial charge < -0.3 is 30.1 Å². The summed E-state index contributed by atoms with van der Waals surface area (Å²) in [6, 6.07) is 12.9. The summed E-state index contributed by atoms with van der Waals surface area (Å²) in [4.78, 5) is 18.8. The Bertz CT molecular complexity index is 1110. The summed E-state index contributed by atoms with van der Waals surface area (Å²) in [5, 5.41) is 13.9. The van der Waals surface area contributed by atoms with Crippen LogP contribution in [0.15, 0.2) is 49.1 Å². The van der Waals surface area contributed by atoms with Crippen LogP contribution in [-0.4, -0.2) is 84.6 Å². The first-order valence-corrected chi connectivity index (χ1v) is 12.9. The summed E-state index contributed by atoms with van der Waals surface area (Å²) in [5.41, 5.74) is 5.10. The average molecular weight is 508 g/mol. The third-order valence-electron chi connectivity index (χ3n) is 7.24. The predicted octanol–water partition coefficient (Wildman–Crippen LogP) is 2.70. The molecule has 1 fully saturated rings. The van der Waals surface area contributed by atoms with Gasteiger partial charge >= 0.3 is 0 Å². The molecule has 9 heteroatoms. The average Bonchev–Trinajstić information content (AvgIpc) is 3.24. The van der Waals surface area contributed by atoms with Crippen molar-refractivity contribution in [2.75, 3.05) is 81.9 Å². The number of rotatable bonds is 10. The Balaban J connectivity index is 1.55. The van der Waals surface area contributed by atoms with E-state index in [1.54, 1.807) is 7.11 Å². The fraction of sp³-hybridized carbons (Fsp3) is 0.464. The molecule has 0 aromatic heterocycles. The van der Waals surface area contributed by atoms with Gasteiger partial charge in [-0.3, -0.25) is 15.4 Å². The monoisotopic (exact) mass is 507 g/mol. The molecule has 9 nitrogen and oxygen atoms in total. The number of carbonyl (C=O) groups excluding carboxylic acids is 1. The lowest BCUT2D eigenvalue weighted by Crippen LogP contribution is -2.59. The van der Waals surface area contributed by atoms with Crippen molar-refractivity contribution in [1.82, 2.24) is 15.5 Å². The molecule has 2 aliphatic heterocycles. The maximum atomic E-state index is 12.3. The van der Waals surface area contributed by atoms with Crippen LogP contribution in [0.5, 0.6) is 5.75 Å². The SMILES string of the molecule is C=CC(=O)Nc1cc(NC2NCCC(C3CN(C)c4ccccc43)N2)c(OC)cc1N(C)CCN(C)C. The van der Waals surface area contributed by atoms with Gasteiger partial charge in [-0.15, -0.1) is 0 Å². The van der Waals surface area contributed by atoms with Crippen LogP contribution in [-0.2, 0) is 4.79 Å². The van der Waals surface area contributed by atoms with E-state index in [1.807, 2.05) is 33.3 Å². The standard InChI is InChI=1S/C28H41N7O2/c1-7-27(36)30-22-16-23(26(37-6)17-25(22)34(4)15-14-33(2)3)32-28-29-13-12-21(31-28)20-18-35(5)24-11-9-8-10-19(20)24/h7-11,16-17,20-21,28-29,31-32H,1,12-15,18H2,2-6H3,(H,30,36). The molecule has 2 aromatic rings. The Hall–Kier alpha value is -3.27. The van der Waals surface area contributed by atoms with Crippen LogP contribution in [0.2, 0.25) is 0 Å². The Kier molecular flexibility index (Phi) is 8.58. The van der Waals surface area contributed by atoms with Crippen LogP contribution in [0.25, 0.3) is 0 Å². The third kappa shape index (κ3) is 6.18. The second-order valence-corrected chi connectivity index (χ2v) is 10.1. The van der Waals surface area contributed by atoms with Gasteiger partial charge in [0.15, 0.2) is 0 Å². The minimum Gasteiger partial charge on any atom is -0.495 e. The van der Waals surface area contributed by atoms with E-state index in [2.05, 4.69) is 73.9 Å². The second kappa shape index (κ2) is 11.9. The van der Waals surface area contributed by atoms with Gasteiger partial charge in [0, 0.05) is 57.4 Å². The molecule has 2 aromatic carbocycles. The minimum absolute atomic E-state index is 0.147. The zero-order valence-electron chi connectivity index (χ0n) is 22.7. The summed E-state index contributed by atoms with van der Waals surface area (Å²) < 4.78 is 5.78. The highest BCUT2D eigenvalue weighted by atomic mass is 16.5. The molecule has 0 aliphatic carbocycles. The number of carbonyl (C=O) groups is 1. The molecule has 3 unspecified atom stereocenters. The van der Waals surface area contributed by atoms with Gasteiger partial charge in [-0.05, 0) is 50.8 Å². The molecule has 2 aliphatic rings. The largest absolute Gasteiger partial charge is 0.495 e. The molecule has 2 heterocycles. The molecule has 0 radical (unpaired) electrons. The molecule has 37 heavy (non-hydrogen) atoms. The summed E-state index contributed by atoms with van der Waals surface area (Å²) in [5.74, 6) is 0.876. The van der Waals surface area contributed by atoms with Crippen LogP contribution >= 0.6 is 0 Å². The number of fused-ring (bicyclic) bond motifs is 1. The number of nitrogens with one attached hydrogen (secondary N) is 4. The number of hydrogen-bond acceptors (Lipinski definition) is 8. The zero-order chi connectivity index (χ0) is 26.5. The van der Waals surface area contributed by atoms with Gasteiger partial charge in [-0.25, -0.2) is 0 Å². The van der Waals surface area contributed by atoms with Crippen molar-refractivity contribution >= 4 is 28.7 Å². The van der Waals surface area contributed by atoms with Crippen molar-refractivity contribution in [3.8, 4) is 5.75 Å². The van der Waals surface area contributed by atoms with E-state index >= 15 is 0 Å². The number of ether oxygens (including phenoxy) is 1. The van der Waals surface area contributed by atoms with Gasteiger partial charge in [0.25, 0.3) is 0 Å². The number of nitrogens with zero attached hydrogens (tertiary/aromatic N) is 3. The maximum absolute atomic E-state index is 12.3. The molecule has 200 valence electrons. The highest BCUT2D eigenvalue weighted by Gasteiger charge is 2.35. The highest BCUT2D eigenvalue weighted by molar-refractivity contribution is 6.02. The zero-order valence-corrected chi connectivity index (χ0v) is 22.7. The van der Waals surface area contributed by atoms with E-state index in [1.165, 1.54) is 17.3 Å². The van der Waals surface area contributed by atoms with Crippen molar-refractivity contribution in [2.24, 2.45) is 0 Å². The summed E-state index contributed by atoms with van der Waals surface area (Å²) in [7, 11) is 9.93. The van der Waals surface area contributed by atoms with Crippen molar-refractivity contribution in [1.29, 1.82) is 0 Å². The smallest absolute Gasteiger partial charge is 0.247 e. The van der Waals surface area contributed by atoms with Gasteiger partial charge in [0.1, 0.15) is 12.0 Å². The fourth-order valence-electron chi connectivity index (χ4n) is 5.21. The van der Waals surface area contributed by atoms with E-state index in [0.29, 0.717) is 23.4 Å². The van der Waals surface area contributed by atoms with Crippen molar-refractivity contribution in [2.45, 2.75) is 24.7 Å². The van der Waals surface area contributed by atoms with Crippen LogP contribution in [0.3, 0.4) is 0 Å². The molecule has 1 amide bonds. The summed E-state index contributed by atoms with van der Waals surface area (Å²) in [6.45, 7) is 7.18. The van der Waals surface area contributed by atoms with Gasteiger partial charge in [0.05, 0.1) is 24.2 Å². The maximum Gasteiger partial charge on any atom is 0.247 e. The summed E-state index contributed by atoms with van der Waals surface area (Å²) in [6.07, 6.45) is 2.18. The quantitative estimate of drug-likeness (QED) is 0.366. The Morgan fingerprint density at radius 1 is 1.22 bits per heavy atom. The van der Waals surface area contributed by atoms with Gasteiger partial charge in [-0.2, -0.15) is 0 Å². The first-order chi connectivity index (χ1) is 17.8. The molecule has 0 bridgehead atoms. The van der Waals surface area contributed by atoms with Crippen LogP contribution in [0, 0.1) is 0 Å². The van der Waals surface area contributed by atoms with Crippen molar-refractivity contribution in [3.63, 3.8) is 0 Å². The molecule has 4 rings (SSSR count). The fourth-order valence-corrected chi connectivity index (χ4v) is 5.21. The third-order valence-corrected chi connectivity index (χ3v) is 7.24. The van der Waals surface area contributed by atoms with E-state index < -0.39 is 0 Å². The number of likely N-dealkylation sites (N-methyl/N-ethyl adjacent to an activating group) is 3. The normalized spacial score (nSPS) is 20.9. The first kappa shape index (κ1) is 26.8. The minimum atomic E-state index is -0.253. The number of methoxy groups -OCH3 is 1. The highest BCUT2D eigenvalue weighted by Crippen LogP contribution is 2.39. The number of amides is 1. The van der Waals surface area contributed by atoms with E-state index in [0.717, 1.165) is 44.0 Å². The predicted molar refractivity (Wildman–Crippen MR) is 153 cm³/mol. The van der Waals surface area contributed by atoms with Crippen molar-refractivity contribution < 1.29 is 9.53 Å². The summed E-state index contributed by atoms with van der Waals surface area (Å²) >= 11 is 0. The lowest BCUT2D eigenvalue weighted by Gasteiger charge is -2.37. The molecule has 3 atom stereocenters. The number of benzene rings is 2. The first-order valence-electron chi connectivity index (χ1n) is 12.9. The van der Waals surface area contributed by atoms with Gasteiger partial charge in [-0.1, -0.05) is 24.8 Å². The van der Waals surface area contributed by atoms with Crippen LogP contribution in [0.1, 0.15) is 17.9 Å². The molecule has 1 saturated heterocycles. The topological polar surface area (TPSA) is 84.1 Å². The van der Waals surface area contributed by atoms with Gasteiger partial charge in [0.2, 0.25) is 5.91 Å². The van der Waals surface area contributed by atoms with Crippen LogP contribution < -0.4 is 35.8 Å². The van der Waals surface area contributed by atoms with E-state index in [-0.39, 0.29) is 12.2 Å². The van der Waals surface area contributed by atoms with Crippen molar-refractivity contribution in [3.05, 3.63) is 54.6 Å². The van der Waals surface area contributed by atoms with Crippen LogP contribution in [0.4, 0.5) is 22.7 Å². The lowest BCUT2D eigenvalue weighted by atomic mass is 9.90. The van der Waals surface area contributed by atoms with E-state index in [9.17, 15) is 4.79 Å². The molecule has 0 spiro atoms. The molecule has 0 saturated carbocycles.